The zero-order chi connectivity index (χ0) is 24.4. The molecule has 4 nitrogen and oxygen atoms in total. The zero-order valence-electron chi connectivity index (χ0n) is 21.0. The number of likely N-dealkylation sites (tertiary alicyclic amines) is 1. The summed E-state index contributed by atoms with van der Waals surface area (Å²) in [4.78, 5) is 4.71. The van der Waals surface area contributed by atoms with Gasteiger partial charge in [0, 0.05) is 18.6 Å². The lowest BCUT2D eigenvalue weighted by Crippen LogP contribution is -2.46. The Kier molecular flexibility index (Phi) is 9.65. The van der Waals surface area contributed by atoms with E-state index >= 15 is 0 Å². The standard InChI is InChI=1S/C18H25NO.C12H14N2/c1-4-18(2,19(3)11-12-20)14-15-9-10-16-7-5-6-8-17(16)13-15;13-9-11-4-3-5-12(8-11)10-14-6-1-2-7-14/h5-10,13,20H,4,11-12,14H2,1-3H3;3-5,8H,1-2,6-7,10H2. The fourth-order valence-electron chi connectivity index (χ4n) is 4.68. The molecule has 1 heterocycles. The molecule has 180 valence electrons. The van der Waals surface area contributed by atoms with Gasteiger partial charge >= 0.3 is 0 Å². The van der Waals surface area contributed by atoms with Crippen LogP contribution in [0.15, 0.2) is 66.7 Å². The van der Waals surface area contributed by atoms with Gasteiger partial charge in [0.05, 0.1) is 18.2 Å². The number of aliphatic hydroxyl groups excluding tert-OH is 1. The van der Waals surface area contributed by atoms with Crippen LogP contribution in [0.3, 0.4) is 0 Å². The molecule has 3 aromatic rings. The molecule has 1 atom stereocenters. The van der Waals surface area contributed by atoms with Crippen molar-refractivity contribution >= 4 is 10.8 Å². The van der Waals surface area contributed by atoms with Crippen molar-refractivity contribution in [2.75, 3.05) is 33.3 Å². The number of hydrogen-bond donors (Lipinski definition) is 1. The maximum atomic E-state index is 9.16. The molecule has 4 heteroatoms. The maximum Gasteiger partial charge on any atom is 0.0991 e. The highest BCUT2D eigenvalue weighted by Crippen LogP contribution is 2.25. The fraction of sp³-hybridized carbons (Fsp3) is 0.433. The van der Waals surface area contributed by atoms with Gasteiger partial charge in [-0.25, -0.2) is 0 Å². The van der Waals surface area contributed by atoms with Crippen molar-refractivity contribution < 1.29 is 5.11 Å². The fourth-order valence-corrected chi connectivity index (χ4v) is 4.68. The highest BCUT2D eigenvalue weighted by atomic mass is 16.3. The molecule has 1 fully saturated rings. The van der Waals surface area contributed by atoms with Crippen molar-refractivity contribution in [2.24, 2.45) is 0 Å². The van der Waals surface area contributed by atoms with Crippen LogP contribution in [0.1, 0.15) is 49.8 Å². The van der Waals surface area contributed by atoms with Gasteiger partial charge in [0.1, 0.15) is 0 Å². The SMILES string of the molecule is CCC(C)(Cc1ccc2ccccc2c1)N(C)CCO.N#Cc1cccc(CN2CCCC2)c1. The Morgan fingerprint density at radius 1 is 0.971 bits per heavy atom. The third-order valence-electron chi connectivity index (χ3n) is 7.18. The van der Waals surface area contributed by atoms with Crippen LogP contribution in [0.4, 0.5) is 0 Å². The summed E-state index contributed by atoms with van der Waals surface area (Å²) < 4.78 is 0. The van der Waals surface area contributed by atoms with Crippen molar-refractivity contribution in [1.29, 1.82) is 5.26 Å². The summed E-state index contributed by atoms with van der Waals surface area (Å²) >= 11 is 0. The van der Waals surface area contributed by atoms with E-state index in [2.05, 4.69) is 85.3 Å². The van der Waals surface area contributed by atoms with Crippen molar-refractivity contribution in [2.45, 2.75) is 51.6 Å². The highest BCUT2D eigenvalue weighted by Gasteiger charge is 2.27. The normalized spacial score (nSPS) is 15.5. The van der Waals surface area contributed by atoms with Crippen molar-refractivity contribution in [3.05, 3.63) is 83.4 Å². The lowest BCUT2D eigenvalue weighted by Gasteiger charge is -2.38. The Hall–Kier alpha value is -2.71. The first kappa shape index (κ1) is 25.9. The minimum atomic E-state index is 0.0885. The molecule has 4 rings (SSSR count). The van der Waals surface area contributed by atoms with E-state index in [0.717, 1.165) is 31.5 Å². The van der Waals surface area contributed by atoms with Gasteiger partial charge in [0.15, 0.2) is 0 Å². The number of benzene rings is 3. The maximum absolute atomic E-state index is 9.16. The zero-order valence-corrected chi connectivity index (χ0v) is 21.0. The van der Waals surface area contributed by atoms with E-state index in [9.17, 15) is 0 Å². The number of hydrogen-bond acceptors (Lipinski definition) is 4. The average Bonchev–Trinajstić information content (AvgIpc) is 3.37. The predicted octanol–water partition coefficient (Wildman–Crippen LogP) is 5.63. The molecular formula is C30H39N3O. The van der Waals surface area contributed by atoms with E-state index in [1.165, 1.54) is 47.8 Å². The summed E-state index contributed by atoms with van der Waals surface area (Å²) in [5.41, 5.74) is 3.47. The second-order valence-corrected chi connectivity index (χ2v) is 9.65. The molecule has 0 radical (unpaired) electrons. The summed E-state index contributed by atoms with van der Waals surface area (Å²) in [6.07, 6.45) is 4.71. The van der Waals surface area contributed by atoms with Crippen LogP contribution in [0.2, 0.25) is 0 Å². The molecule has 0 aromatic heterocycles. The van der Waals surface area contributed by atoms with Crippen LogP contribution in [0.25, 0.3) is 10.8 Å². The number of fused-ring (bicyclic) bond motifs is 1. The molecule has 1 unspecified atom stereocenters. The van der Waals surface area contributed by atoms with Gasteiger partial charge in [-0.1, -0.05) is 61.5 Å². The van der Waals surface area contributed by atoms with Crippen LogP contribution in [-0.2, 0) is 13.0 Å². The third-order valence-corrected chi connectivity index (χ3v) is 7.18. The molecule has 3 aromatic carbocycles. The Morgan fingerprint density at radius 2 is 1.71 bits per heavy atom. The summed E-state index contributed by atoms with van der Waals surface area (Å²) in [6, 6.07) is 25.3. The number of nitriles is 1. The molecule has 0 spiro atoms. The largest absolute Gasteiger partial charge is 0.395 e. The minimum Gasteiger partial charge on any atom is -0.395 e. The highest BCUT2D eigenvalue weighted by molar-refractivity contribution is 5.83. The van der Waals surface area contributed by atoms with Gasteiger partial charge in [-0.15, -0.1) is 0 Å². The summed E-state index contributed by atoms with van der Waals surface area (Å²) in [5, 5.41) is 20.5. The summed E-state index contributed by atoms with van der Waals surface area (Å²) in [5.74, 6) is 0. The first-order valence-corrected chi connectivity index (χ1v) is 12.5. The van der Waals surface area contributed by atoms with Crippen molar-refractivity contribution in [3.63, 3.8) is 0 Å². The van der Waals surface area contributed by atoms with E-state index in [1.54, 1.807) is 0 Å². The molecule has 1 N–H and O–H groups in total. The Balaban J connectivity index is 0.000000202. The molecule has 1 saturated heterocycles. The van der Waals surface area contributed by atoms with E-state index in [0.29, 0.717) is 0 Å². The van der Waals surface area contributed by atoms with Crippen molar-refractivity contribution in [1.82, 2.24) is 9.80 Å². The lowest BCUT2D eigenvalue weighted by atomic mass is 9.88. The summed E-state index contributed by atoms with van der Waals surface area (Å²) in [6.45, 7) is 8.83. The summed E-state index contributed by atoms with van der Waals surface area (Å²) in [7, 11) is 2.10. The molecule has 0 bridgehead atoms. The van der Waals surface area contributed by atoms with Crippen LogP contribution in [0.5, 0.6) is 0 Å². The second-order valence-electron chi connectivity index (χ2n) is 9.65. The lowest BCUT2D eigenvalue weighted by molar-refractivity contribution is 0.104. The molecule has 0 amide bonds. The van der Waals surface area contributed by atoms with Gasteiger partial charge in [0.2, 0.25) is 0 Å². The number of likely N-dealkylation sites (N-methyl/N-ethyl adjacent to an activating group) is 1. The monoisotopic (exact) mass is 457 g/mol. The molecule has 0 aliphatic carbocycles. The van der Waals surface area contributed by atoms with Crippen LogP contribution in [0, 0.1) is 11.3 Å². The topological polar surface area (TPSA) is 50.5 Å². The van der Waals surface area contributed by atoms with Gasteiger partial charge in [-0.05, 0) is 86.8 Å². The molecule has 1 aliphatic rings. The first-order chi connectivity index (χ1) is 16.5. The van der Waals surface area contributed by atoms with Gasteiger partial charge in [-0.2, -0.15) is 5.26 Å². The van der Waals surface area contributed by atoms with Crippen LogP contribution < -0.4 is 0 Å². The van der Waals surface area contributed by atoms with Gasteiger partial charge in [-0.3, -0.25) is 9.80 Å². The number of nitrogens with zero attached hydrogens (tertiary/aromatic N) is 3. The first-order valence-electron chi connectivity index (χ1n) is 12.5. The van der Waals surface area contributed by atoms with Crippen molar-refractivity contribution in [3.8, 4) is 6.07 Å². The van der Waals surface area contributed by atoms with Gasteiger partial charge in [0.25, 0.3) is 0 Å². The molecule has 0 saturated carbocycles. The molecular weight excluding hydrogens is 418 g/mol. The number of aliphatic hydroxyl groups is 1. The van der Waals surface area contributed by atoms with E-state index in [4.69, 9.17) is 10.4 Å². The Morgan fingerprint density at radius 3 is 2.38 bits per heavy atom. The molecule has 34 heavy (non-hydrogen) atoms. The second kappa shape index (κ2) is 12.7. The quantitative estimate of drug-likeness (QED) is 0.476. The van der Waals surface area contributed by atoms with E-state index < -0.39 is 0 Å². The van der Waals surface area contributed by atoms with Crippen LogP contribution in [-0.4, -0.2) is 53.7 Å². The Bertz CT molecular complexity index is 1080. The predicted molar refractivity (Wildman–Crippen MR) is 142 cm³/mol. The van der Waals surface area contributed by atoms with E-state index in [-0.39, 0.29) is 12.1 Å². The third kappa shape index (κ3) is 7.14. The minimum absolute atomic E-state index is 0.0885. The Labute approximate surface area is 205 Å². The van der Waals surface area contributed by atoms with E-state index in [1.807, 2.05) is 18.2 Å². The molecule has 1 aliphatic heterocycles. The number of β-amino-alcohol motifs (C(OH)–C–C–N with tert-alkyl or cyclic N) is 1. The van der Waals surface area contributed by atoms with Crippen LogP contribution >= 0.6 is 0 Å². The van der Waals surface area contributed by atoms with Gasteiger partial charge < -0.3 is 5.11 Å². The smallest absolute Gasteiger partial charge is 0.0991 e. The number of rotatable bonds is 8. The average molecular weight is 458 g/mol.